The van der Waals surface area contributed by atoms with Crippen molar-refractivity contribution in [3.8, 4) is 0 Å². The molecule has 3 aromatic carbocycles. The Morgan fingerprint density at radius 2 is 1.74 bits per heavy atom. The lowest BCUT2D eigenvalue weighted by Gasteiger charge is -2.13. The number of amides is 1. The van der Waals surface area contributed by atoms with E-state index in [2.05, 4.69) is 15.8 Å². The van der Waals surface area contributed by atoms with Crippen LogP contribution in [0.5, 0.6) is 0 Å². The summed E-state index contributed by atoms with van der Waals surface area (Å²) >= 11 is 0. The molecule has 1 aromatic heterocycles. The van der Waals surface area contributed by atoms with Gasteiger partial charge in [0.25, 0.3) is 5.91 Å². The van der Waals surface area contributed by atoms with E-state index in [9.17, 15) is 9.59 Å². The van der Waals surface area contributed by atoms with E-state index in [0.717, 1.165) is 21.7 Å². The molecular formula is C21H15N3O3. The van der Waals surface area contributed by atoms with Gasteiger partial charge in [0.1, 0.15) is 5.69 Å². The maximum Gasteiger partial charge on any atom is 0.340 e. The monoisotopic (exact) mass is 357 g/mol. The van der Waals surface area contributed by atoms with Crippen LogP contribution in [0.3, 0.4) is 0 Å². The third-order valence-corrected chi connectivity index (χ3v) is 4.77. The summed E-state index contributed by atoms with van der Waals surface area (Å²) in [4.78, 5) is 27.6. The van der Waals surface area contributed by atoms with Gasteiger partial charge >= 0.3 is 5.97 Å². The molecule has 6 heteroatoms. The van der Waals surface area contributed by atoms with Crippen LogP contribution in [0, 0.1) is 0 Å². The van der Waals surface area contributed by atoms with Crippen molar-refractivity contribution in [2.24, 2.45) is 0 Å². The number of hydrogen-bond acceptors (Lipinski definition) is 4. The van der Waals surface area contributed by atoms with Crippen molar-refractivity contribution in [2.45, 2.75) is 6.23 Å². The average Bonchev–Trinajstić information content (AvgIpc) is 3.28. The van der Waals surface area contributed by atoms with E-state index < -0.39 is 12.2 Å². The van der Waals surface area contributed by atoms with Gasteiger partial charge in [-0.25, -0.2) is 4.79 Å². The van der Waals surface area contributed by atoms with E-state index in [1.165, 1.54) is 0 Å². The number of nitrogens with one attached hydrogen (secondary N) is 3. The first-order valence-corrected chi connectivity index (χ1v) is 8.57. The van der Waals surface area contributed by atoms with Crippen molar-refractivity contribution in [3.63, 3.8) is 0 Å². The van der Waals surface area contributed by atoms with E-state index in [0.29, 0.717) is 16.8 Å². The Morgan fingerprint density at radius 3 is 2.67 bits per heavy atom. The fourth-order valence-electron chi connectivity index (χ4n) is 3.45. The second kappa shape index (κ2) is 5.96. The standard InChI is InChI=1S/C21H15N3O3/c25-19(23-24-20-15-7-3-4-8-16(15)21(26)27-20)17-11-13-10-9-12-5-1-2-6-14(12)18(13)22-17/h1-11,20,22,24H,(H,23,25)/t20-/m0/s1. The van der Waals surface area contributed by atoms with Gasteiger partial charge in [0, 0.05) is 16.3 Å². The molecule has 2 heterocycles. The molecular weight excluding hydrogens is 342 g/mol. The smallest absolute Gasteiger partial charge is 0.340 e. The van der Waals surface area contributed by atoms with Crippen molar-refractivity contribution in [3.05, 3.63) is 83.6 Å². The Labute approximate surface area is 154 Å². The van der Waals surface area contributed by atoms with E-state index in [4.69, 9.17) is 4.74 Å². The molecule has 1 aliphatic heterocycles. The molecule has 5 rings (SSSR count). The van der Waals surface area contributed by atoms with Crippen LogP contribution in [0.4, 0.5) is 0 Å². The fraction of sp³-hybridized carbons (Fsp3) is 0.0476. The second-order valence-electron chi connectivity index (χ2n) is 6.40. The number of fused-ring (bicyclic) bond motifs is 4. The zero-order chi connectivity index (χ0) is 18.4. The predicted octanol–water partition coefficient (Wildman–Crippen LogP) is 3.42. The van der Waals surface area contributed by atoms with Crippen LogP contribution in [-0.2, 0) is 4.74 Å². The Morgan fingerprint density at radius 1 is 0.963 bits per heavy atom. The number of hydrogen-bond donors (Lipinski definition) is 3. The van der Waals surface area contributed by atoms with Crippen molar-refractivity contribution in [2.75, 3.05) is 0 Å². The lowest BCUT2D eigenvalue weighted by molar-refractivity contribution is 0.0261. The molecule has 3 N–H and O–H groups in total. The number of carbonyl (C=O) groups excluding carboxylic acids is 2. The minimum absolute atomic E-state index is 0.337. The number of esters is 1. The summed E-state index contributed by atoms with van der Waals surface area (Å²) in [7, 11) is 0. The number of ether oxygens (including phenoxy) is 1. The zero-order valence-electron chi connectivity index (χ0n) is 14.2. The molecule has 0 radical (unpaired) electrons. The van der Waals surface area contributed by atoms with Gasteiger partial charge in [0.2, 0.25) is 0 Å². The van der Waals surface area contributed by atoms with Gasteiger partial charge < -0.3 is 9.72 Å². The Bertz CT molecular complexity index is 1210. The van der Waals surface area contributed by atoms with Gasteiger partial charge in [-0.05, 0) is 17.5 Å². The topological polar surface area (TPSA) is 83.2 Å². The molecule has 0 spiro atoms. The summed E-state index contributed by atoms with van der Waals surface area (Å²) in [6.45, 7) is 0. The van der Waals surface area contributed by atoms with Crippen molar-refractivity contribution in [1.82, 2.24) is 15.8 Å². The van der Waals surface area contributed by atoms with Crippen molar-refractivity contribution in [1.29, 1.82) is 0 Å². The molecule has 6 nitrogen and oxygen atoms in total. The Hall–Kier alpha value is -3.64. The van der Waals surface area contributed by atoms with Crippen LogP contribution in [0.1, 0.15) is 32.6 Å². The van der Waals surface area contributed by atoms with E-state index in [-0.39, 0.29) is 5.91 Å². The van der Waals surface area contributed by atoms with Crippen molar-refractivity contribution >= 4 is 33.6 Å². The van der Waals surface area contributed by atoms with Gasteiger partial charge in [0.15, 0.2) is 6.23 Å². The predicted molar refractivity (Wildman–Crippen MR) is 101 cm³/mol. The minimum Gasteiger partial charge on any atom is -0.437 e. The molecule has 27 heavy (non-hydrogen) atoms. The summed E-state index contributed by atoms with van der Waals surface area (Å²) in [6, 6.07) is 20.9. The molecule has 0 saturated carbocycles. The first kappa shape index (κ1) is 15.6. The quantitative estimate of drug-likeness (QED) is 0.387. The van der Waals surface area contributed by atoms with Crippen LogP contribution < -0.4 is 10.9 Å². The summed E-state index contributed by atoms with van der Waals surface area (Å²) in [5.74, 6) is -0.745. The molecule has 1 aliphatic rings. The largest absolute Gasteiger partial charge is 0.437 e. The molecule has 0 bridgehead atoms. The Kier molecular flexibility index (Phi) is 3.45. The number of benzene rings is 3. The summed E-state index contributed by atoms with van der Waals surface area (Å²) in [5.41, 5.74) is 7.94. The zero-order valence-corrected chi connectivity index (χ0v) is 14.2. The summed E-state index contributed by atoms with van der Waals surface area (Å²) in [6.07, 6.45) is -0.706. The van der Waals surface area contributed by atoms with Crippen LogP contribution in [-0.4, -0.2) is 16.9 Å². The number of cyclic esters (lactones) is 1. The number of rotatable bonds is 3. The number of carbonyl (C=O) groups is 2. The molecule has 0 fully saturated rings. The first-order valence-electron chi connectivity index (χ1n) is 8.57. The first-order chi connectivity index (χ1) is 13.2. The highest BCUT2D eigenvalue weighted by Crippen LogP contribution is 2.28. The normalized spacial score (nSPS) is 15.7. The van der Waals surface area contributed by atoms with Gasteiger partial charge in [-0.3, -0.25) is 10.2 Å². The Balaban J connectivity index is 1.39. The number of hydrazine groups is 1. The fourth-order valence-corrected chi connectivity index (χ4v) is 3.45. The van der Waals surface area contributed by atoms with Crippen LogP contribution in [0.15, 0.2) is 66.7 Å². The molecule has 0 aliphatic carbocycles. The van der Waals surface area contributed by atoms with E-state index >= 15 is 0 Å². The number of aromatic nitrogens is 1. The van der Waals surface area contributed by atoms with Crippen LogP contribution in [0.25, 0.3) is 21.7 Å². The molecule has 0 saturated heterocycles. The highest BCUT2D eigenvalue weighted by atomic mass is 16.6. The lowest BCUT2D eigenvalue weighted by Crippen LogP contribution is -2.40. The van der Waals surface area contributed by atoms with Crippen LogP contribution >= 0.6 is 0 Å². The van der Waals surface area contributed by atoms with Gasteiger partial charge in [-0.2, -0.15) is 5.43 Å². The molecule has 0 unspecified atom stereocenters. The molecule has 132 valence electrons. The van der Waals surface area contributed by atoms with Gasteiger partial charge in [-0.15, -0.1) is 0 Å². The van der Waals surface area contributed by atoms with Crippen LogP contribution in [0.2, 0.25) is 0 Å². The average molecular weight is 357 g/mol. The summed E-state index contributed by atoms with van der Waals surface area (Å²) in [5, 5.41) is 3.11. The van der Waals surface area contributed by atoms with E-state index in [1.807, 2.05) is 42.5 Å². The van der Waals surface area contributed by atoms with Gasteiger partial charge in [0.05, 0.1) is 11.1 Å². The molecule has 1 amide bonds. The van der Waals surface area contributed by atoms with E-state index in [1.54, 1.807) is 24.3 Å². The highest BCUT2D eigenvalue weighted by molar-refractivity contribution is 6.08. The lowest BCUT2D eigenvalue weighted by atomic mass is 10.1. The summed E-state index contributed by atoms with van der Waals surface area (Å²) < 4.78 is 5.26. The highest BCUT2D eigenvalue weighted by Gasteiger charge is 2.30. The SMILES string of the molecule is O=C(NN[C@H]1OC(=O)c2ccccc21)c1cc2ccc3ccccc3c2[nH]1. The third kappa shape index (κ3) is 2.54. The number of aromatic amines is 1. The maximum absolute atomic E-state index is 12.6. The van der Waals surface area contributed by atoms with Crippen molar-refractivity contribution < 1.29 is 14.3 Å². The minimum atomic E-state index is -0.706. The maximum atomic E-state index is 12.6. The number of H-pyrrole nitrogens is 1. The second-order valence-corrected chi connectivity index (χ2v) is 6.40. The third-order valence-electron chi connectivity index (χ3n) is 4.77. The van der Waals surface area contributed by atoms with Gasteiger partial charge in [-0.1, -0.05) is 54.6 Å². The molecule has 1 atom stereocenters. The molecule has 4 aromatic rings.